The summed E-state index contributed by atoms with van der Waals surface area (Å²) < 4.78 is 31.6. The number of ether oxygens (including phenoxy) is 1. The molecule has 1 N–H and O–H groups in total. The first-order chi connectivity index (χ1) is 15.3. The number of benzene rings is 3. The Kier molecular flexibility index (Phi) is 7.33. The van der Waals surface area contributed by atoms with Crippen LogP contribution in [0, 0.1) is 6.92 Å². The van der Waals surface area contributed by atoms with E-state index in [1.807, 2.05) is 31.2 Å². The molecule has 3 aromatic carbocycles. The average molecular weight is 451 g/mol. The van der Waals surface area contributed by atoms with Gasteiger partial charge >= 0.3 is 0 Å². The molecule has 0 saturated heterocycles. The third-order valence-corrected chi connectivity index (χ3v) is 5.86. The van der Waals surface area contributed by atoms with Crippen molar-refractivity contribution in [3.05, 3.63) is 102 Å². The van der Waals surface area contributed by atoms with Crippen molar-refractivity contribution < 1.29 is 17.9 Å². The van der Waals surface area contributed by atoms with Crippen LogP contribution in [0.3, 0.4) is 0 Å². The number of sulfonamides is 1. The lowest BCUT2D eigenvalue weighted by molar-refractivity contribution is 0.102. The van der Waals surface area contributed by atoms with Gasteiger partial charge in [-0.05, 0) is 48.9 Å². The maximum absolute atomic E-state index is 12.6. The number of hydrogen-bond acceptors (Lipinski definition) is 4. The quantitative estimate of drug-likeness (QED) is 0.476. The summed E-state index contributed by atoms with van der Waals surface area (Å²) in [6, 6.07) is 21.2. The third kappa shape index (κ3) is 6.21. The highest BCUT2D eigenvalue weighted by atomic mass is 32.2. The highest BCUT2D eigenvalue weighted by molar-refractivity contribution is 7.92. The molecule has 3 rings (SSSR count). The Morgan fingerprint density at radius 2 is 1.75 bits per heavy atom. The van der Waals surface area contributed by atoms with Crippen molar-refractivity contribution in [3.8, 4) is 5.75 Å². The molecular weight excluding hydrogens is 424 g/mol. The maximum atomic E-state index is 12.6. The summed E-state index contributed by atoms with van der Waals surface area (Å²) in [4.78, 5) is 12.6. The SMILES string of the molecule is C=CCOc1cccc(NC(=O)c2ccc(N(Cc3ccc(C)cc3)S(C)(=O)=O)cc2)c1. The van der Waals surface area contributed by atoms with Gasteiger partial charge in [-0.2, -0.15) is 0 Å². The van der Waals surface area contributed by atoms with E-state index in [0.717, 1.165) is 11.1 Å². The van der Waals surface area contributed by atoms with Crippen molar-refractivity contribution >= 4 is 27.3 Å². The van der Waals surface area contributed by atoms with E-state index >= 15 is 0 Å². The first kappa shape index (κ1) is 23.1. The van der Waals surface area contributed by atoms with Crippen LogP contribution in [0.1, 0.15) is 21.5 Å². The largest absolute Gasteiger partial charge is 0.489 e. The molecule has 0 fully saturated rings. The number of carbonyl (C=O) groups excluding carboxylic acids is 1. The molecule has 0 radical (unpaired) electrons. The number of nitrogens with zero attached hydrogens (tertiary/aromatic N) is 1. The van der Waals surface area contributed by atoms with E-state index < -0.39 is 10.0 Å². The number of hydrogen-bond donors (Lipinski definition) is 1. The minimum Gasteiger partial charge on any atom is -0.489 e. The smallest absolute Gasteiger partial charge is 0.255 e. The molecule has 0 bridgehead atoms. The van der Waals surface area contributed by atoms with Crippen molar-refractivity contribution in [2.45, 2.75) is 13.5 Å². The lowest BCUT2D eigenvalue weighted by atomic mass is 10.1. The first-order valence-electron chi connectivity index (χ1n) is 10.0. The molecule has 3 aromatic rings. The minimum absolute atomic E-state index is 0.210. The summed E-state index contributed by atoms with van der Waals surface area (Å²) in [5, 5.41) is 2.82. The second-order valence-electron chi connectivity index (χ2n) is 7.38. The van der Waals surface area contributed by atoms with Crippen LogP contribution in [0.25, 0.3) is 0 Å². The lowest BCUT2D eigenvalue weighted by Gasteiger charge is -2.23. The Balaban J connectivity index is 1.75. The van der Waals surface area contributed by atoms with Crippen LogP contribution in [0.4, 0.5) is 11.4 Å². The van der Waals surface area contributed by atoms with Gasteiger partial charge in [-0.1, -0.05) is 48.6 Å². The standard InChI is InChI=1S/C25H26N2O4S/c1-4-16-31-24-7-5-6-22(17-24)26-25(28)21-12-14-23(15-13-21)27(32(3,29)30)18-20-10-8-19(2)9-11-20/h4-15,17H,1,16,18H2,2-3H3,(H,26,28). The van der Waals surface area contributed by atoms with E-state index in [1.54, 1.807) is 54.6 Å². The van der Waals surface area contributed by atoms with Gasteiger partial charge in [0.1, 0.15) is 12.4 Å². The van der Waals surface area contributed by atoms with Crippen LogP contribution in [-0.4, -0.2) is 27.2 Å². The number of nitrogens with one attached hydrogen (secondary N) is 1. The van der Waals surface area contributed by atoms with Crippen molar-refractivity contribution in [1.82, 2.24) is 0 Å². The molecule has 0 atom stereocenters. The number of anilines is 2. The van der Waals surface area contributed by atoms with Gasteiger partial charge in [-0.15, -0.1) is 0 Å². The fourth-order valence-corrected chi connectivity index (χ4v) is 3.95. The number of rotatable bonds is 9. The Morgan fingerprint density at radius 3 is 2.38 bits per heavy atom. The van der Waals surface area contributed by atoms with E-state index in [1.165, 1.54) is 10.6 Å². The van der Waals surface area contributed by atoms with E-state index in [-0.39, 0.29) is 12.5 Å². The molecule has 0 aliphatic rings. The second-order valence-corrected chi connectivity index (χ2v) is 9.29. The van der Waals surface area contributed by atoms with Crippen LogP contribution in [0.15, 0.2) is 85.5 Å². The third-order valence-electron chi connectivity index (χ3n) is 4.72. The number of aryl methyl sites for hydroxylation is 1. The van der Waals surface area contributed by atoms with Gasteiger partial charge in [0.2, 0.25) is 10.0 Å². The highest BCUT2D eigenvalue weighted by Crippen LogP contribution is 2.23. The van der Waals surface area contributed by atoms with Gasteiger partial charge in [-0.25, -0.2) is 8.42 Å². The molecule has 1 amide bonds. The summed E-state index contributed by atoms with van der Waals surface area (Å²) >= 11 is 0. The molecule has 0 saturated carbocycles. The van der Waals surface area contributed by atoms with Crippen molar-refractivity contribution in [2.75, 3.05) is 22.5 Å². The van der Waals surface area contributed by atoms with E-state index in [2.05, 4.69) is 11.9 Å². The zero-order valence-corrected chi connectivity index (χ0v) is 18.9. The molecule has 0 heterocycles. The molecular formula is C25H26N2O4S. The Morgan fingerprint density at radius 1 is 1.06 bits per heavy atom. The molecule has 0 aromatic heterocycles. The summed E-state index contributed by atoms with van der Waals surface area (Å²) in [5.74, 6) is 0.319. The lowest BCUT2D eigenvalue weighted by Crippen LogP contribution is -2.29. The van der Waals surface area contributed by atoms with Crippen molar-refractivity contribution in [1.29, 1.82) is 0 Å². The van der Waals surface area contributed by atoms with E-state index in [0.29, 0.717) is 29.3 Å². The Labute approximate surface area is 189 Å². The van der Waals surface area contributed by atoms with E-state index in [4.69, 9.17) is 4.74 Å². The Hall–Kier alpha value is -3.58. The van der Waals surface area contributed by atoms with Gasteiger partial charge in [0.05, 0.1) is 18.5 Å². The zero-order chi connectivity index (χ0) is 23.1. The predicted octanol–water partition coefficient (Wildman–Crippen LogP) is 4.78. The van der Waals surface area contributed by atoms with Crippen molar-refractivity contribution in [2.24, 2.45) is 0 Å². The summed E-state index contributed by atoms with van der Waals surface area (Å²) in [6.45, 7) is 6.17. The normalized spacial score (nSPS) is 10.9. The second kappa shape index (κ2) is 10.2. The zero-order valence-electron chi connectivity index (χ0n) is 18.1. The summed E-state index contributed by atoms with van der Waals surface area (Å²) in [7, 11) is -3.51. The van der Waals surface area contributed by atoms with Crippen LogP contribution >= 0.6 is 0 Å². The Bertz CT molecular complexity index is 1190. The van der Waals surface area contributed by atoms with E-state index in [9.17, 15) is 13.2 Å². The average Bonchev–Trinajstić information content (AvgIpc) is 2.77. The number of amides is 1. The maximum Gasteiger partial charge on any atom is 0.255 e. The molecule has 32 heavy (non-hydrogen) atoms. The van der Waals surface area contributed by atoms with Crippen LogP contribution in [0.5, 0.6) is 5.75 Å². The van der Waals surface area contributed by atoms with Gasteiger partial charge in [0, 0.05) is 17.3 Å². The monoisotopic (exact) mass is 450 g/mol. The van der Waals surface area contributed by atoms with Gasteiger partial charge in [0.25, 0.3) is 5.91 Å². The molecule has 166 valence electrons. The summed E-state index contributed by atoms with van der Waals surface area (Å²) in [6.07, 6.45) is 2.81. The van der Waals surface area contributed by atoms with Gasteiger partial charge in [0.15, 0.2) is 0 Å². The van der Waals surface area contributed by atoms with Gasteiger partial charge in [-0.3, -0.25) is 9.10 Å². The molecule has 0 aliphatic carbocycles. The minimum atomic E-state index is -3.51. The molecule has 0 aliphatic heterocycles. The fourth-order valence-electron chi connectivity index (χ4n) is 3.06. The van der Waals surface area contributed by atoms with Gasteiger partial charge < -0.3 is 10.1 Å². The summed E-state index contributed by atoms with van der Waals surface area (Å²) in [5.41, 5.74) is 3.48. The molecule has 6 nitrogen and oxygen atoms in total. The van der Waals surface area contributed by atoms with Crippen LogP contribution in [-0.2, 0) is 16.6 Å². The fraction of sp³-hybridized carbons (Fsp3) is 0.160. The molecule has 0 unspecified atom stereocenters. The van der Waals surface area contributed by atoms with Crippen LogP contribution < -0.4 is 14.4 Å². The molecule has 7 heteroatoms. The first-order valence-corrected chi connectivity index (χ1v) is 11.9. The predicted molar refractivity (Wildman–Crippen MR) is 129 cm³/mol. The highest BCUT2D eigenvalue weighted by Gasteiger charge is 2.18. The number of carbonyl (C=O) groups is 1. The van der Waals surface area contributed by atoms with Crippen LogP contribution in [0.2, 0.25) is 0 Å². The molecule has 0 spiro atoms. The van der Waals surface area contributed by atoms with Crippen molar-refractivity contribution in [3.63, 3.8) is 0 Å². The topological polar surface area (TPSA) is 75.7 Å².